The van der Waals surface area contributed by atoms with Crippen LogP contribution in [0.1, 0.15) is 26.2 Å². The van der Waals surface area contributed by atoms with Gasteiger partial charge in [-0.1, -0.05) is 6.58 Å². The van der Waals surface area contributed by atoms with Gasteiger partial charge in [0.05, 0.1) is 0 Å². The molecule has 0 aliphatic carbocycles. The summed E-state index contributed by atoms with van der Waals surface area (Å²) >= 11 is 0. The Hall–Kier alpha value is -1.20. The van der Waals surface area contributed by atoms with Crippen molar-refractivity contribution >= 4 is 12.2 Å². The summed E-state index contributed by atoms with van der Waals surface area (Å²) < 4.78 is 9.35. The van der Waals surface area contributed by atoms with Crippen LogP contribution in [0.5, 0.6) is 0 Å². The molecule has 0 fully saturated rings. The largest absolute Gasteiger partial charge is 0.356 e. The number of aldehydes is 1. The fourth-order valence-electron chi connectivity index (χ4n) is 0.733. The van der Waals surface area contributed by atoms with E-state index in [2.05, 4.69) is 21.4 Å². The maximum absolute atomic E-state index is 10.5. The van der Waals surface area contributed by atoms with E-state index in [9.17, 15) is 9.59 Å². The minimum absolute atomic E-state index is 0.0648. The van der Waals surface area contributed by atoms with E-state index < -0.39 is 0 Å². The van der Waals surface area contributed by atoms with Crippen molar-refractivity contribution in [3.8, 4) is 0 Å². The molecule has 0 rings (SSSR count). The third kappa shape index (κ3) is 17.4. The number of methoxy groups -OCH3 is 2. The first-order chi connectivity index (χ1) is 8.12. The number of hydrogen-bond acceptors (Lipinski definition) is 4. The van der Waals surface area contributed by atoms with Crippen molar-refractivity contribution in [3.63, 3.8) is 0 Å². The van der Waals surface area contributed by atoms with E-state index in [1.165, 1.54) is 6.08 Å². The maximum atomic E-state index is 10.5. The fourth-order valence-corrected chi connectivity index (χ4v) is 0.733. The molecule has 1 amide bonds. The molecule has 0 aromatic rings. The van der Waals surface area contributed by atoms with E-state index in [0.29, 0.717) is 13.0 Å². The zero-order valence-corrected chi connectivity index (χ0v) is 10.9. The molecule has 0 saturated carbocycles. The van der Waals surface area contributed by atoms with Gasteiger partial charge in [0.2, 0.25) is 5.91 Å². The lowest BCUT2D eigenvalue weighted by molar-refractivity contribution is -0.116. The highest BCUT2D eigenvalue weighted by Crippen LogP contribution is 1.89. The van der Waals surface area contributed by atoms with E-state index in [4.69, 9.17) is 0 Å². The Bertz CT molecular complexity index is 203. The zero-order chi connectivity index (χ0) is 13.5. The summed E-state index contributed by atoms with van der Waals surface area (Å²) in [5.41, 5.74) is 0. The van der Waals surface area contributed by atoms with Crippen molar-refractivity contribution in [2.24, 2.45) is 0 Å². The van der Waals surface area contributed by atoms with E-state index in [1.54, 1.807) is 14.2 Å². The van der Waals surface area contributed by atoms with E-state index in [1.807, 2.05) is 6.92 Å². The van der Waals surface area contributed by atoms with Gasteiger partial charge < -0.3 is 19.6 Å². The summed E-state index contributed by atoms with van der Waals surface area (Å²) in [5, 5.41) is 2.62. The third-order valence-corrected chi connectivity index (χ3v) is 1.90. The second kappa shape index (κ2) is 14.8. The Balaban J connectivity index is 0. The molecular weight excluding hydrogens is 222 g/mol. The molecule has 17 heavy (non-hydrogen) atoms. The minimum atomic E-state index is -0.156. The smallest absolute Gasteiger partial charge is 0.243 e. The summed E-state index contributed by atoms with van der Waals surface area (Å²) in [4.78, 5) is 20.4. The third-order valence-electron chi connectivity index (χ3n) is 1.90. The first kappa shape index (κ1) is 18.2. The zero-order valence-electron chi connectivity index (χ0n) is 10.9. The molecule has 0 heterocycles. The van der Waals surface area contributed by atoms with Crippen molar-refractivity contribution in [2.75, 3.05) is 20.8 Å². The normalized spacial score (nSPS) is 9.18. The number of carbonyl (C=O) groups is 2. The second-order valence-electron chi connectivity index (χ2n) is 3.20. The Kier molecular flexibility index (Phi) is 15.8. The quantitative estimate of drug-likeness (QED) is 0.303. The van der Waals surface area contributed by atoms with Gasteiger partial charge in [-0.05, 0) is 25.8 Å². The molecular formula is C12H23NO4. The van der Waals surface area contributed by atoms with Crippen LogP contribution in [0, 0.1) is 0 Å². The topological polar surface area (TPSA) is 64.6 Å². The number of amides is 1. The van der Waals surface area contributed by atoms with Crippen LogP contribution < -0.4 is 5.32 Å². The fraction of sp³-hybridized carbons (Fsp3) is 0.667. The highest BCUT2D eigenvalue weighted by molar-refractivity contribution is 5.86. The summed E-state index contributed by atoms with van der Waals surface area (Å²) in [6.07, 6.45) is 4.31. The lowest BCUT2D eigenvalue weighted by atomic mass is 10.2. The standard InChI is InChI=1S/C8H13NO2.C4H10O2/c1-2-8(11)9-6-4-3-5-7-10;1-4(5-2)6-3/h2,7H,1,3-6H2,(H,9,11);4H,1-3H3. The lowest BCUT2D eigenvalue weighted by Crippen LogP contribution is -2.21. The molecule has 0 aromatic carbocycles. The van der Waals surface area contributed by atoms with Crippen LogP contribution in [0.15, 0.2) is 12.7 Å². The van der Waals surface area contributed by atoms with E-state index in [0.717, 1.165) is 19.1 Å². The summed E-state index contributed by atoms with van der Waals surface area (Å²) in [6.45, 7) is 5.76. The molecule has 0 unspecified atom stereocenters. The Morgan fingerprint density at radius 2 is 1.94 bits per heavy atom. The van der Waals surface area contributed by atoms with Crippen LogP contribution in [0.25, 0.3) is 0 Å². The Morgan fingerprint density at radius 3 is 2.29 bits per heavy atom. The van der Waals surface area contributed by atoms with Gasteiger partial charge in [0.25, 0.3) is 0 Å². The molecule has 0 aromatic heterocycles. The van der Waals surface area contributed by atoms with Crippen LogP contribution in [-0.2, 0) is 19.1 Å². The van der Waals surface area contributed by atoms with Crippen LogP contribution in [-0.4, -0.2) is 39.2 Å². The van der Waals surface area contributed by atoms with Gasteiger partial charge in [0, 0.05) is 27.2 Å². The molecule has 0 saturated heterocycles. The number of nitrogens with one attached hydrogen (secondary N) is 1. The number of rotatable bonds is 8. The maximum Gasteiger partial charge on any atom is 0.243 e. The van der Waals surface area contributed by atoms with Gasteiger partial charge in [-0.15, -0.1) is 0 Å². The lowest BCUT2D eigenvalue weighted by Gasteiger charge is -2.03. The molecule has 0 aliphatic heterocycles. The predicted octanol–water partition coefficient (Wildman–Crippen LogP) is 1.28. The monoisotopic (exact) mass is 245 g/mol. The predicted molar refractivity (Wildman–Crippen MR) is 66.6 cm³/mol. The molecule has 0 atom stereocenters. The number of carbonyl (C=O) groups excluding carboxylic acids is 2. The van der Waals surface area contributed by atoms with Crippen molar-refractivity contribution in [1.29, 1.82) is 0 Å². The van der Waals surface area contributed by atoms with Crippen LogP contribution in [0.3, 0.4) is 0 Å². The highest BCUT2D eigenvalue weighted by Gasteiger charge is 1.91. The van der Waals surface area contributed by atoms with Crippen LogP contribution in [0.4, 0.5) is 0 Å². The Labute approximate surface area is 103 Å². The van der Waals surface area contributed by atoms with Gasteiger partial charge >= 0.3 is 0 Å². The second-order valence-corrected chi connectivity index (χ2v) is 3.20. The molecule has 1 N–H and O–H groups in total. The number of ether oxygens (including phenoxy) is 2. The number of unbranched alkanes of at least 4 members (excludes halogenated alkanes) is 2. The van der Waals surface area contributed by atoms with Gasteiger partial charge in [0.15, 0.2) is 6.29 Å². The van der Waals surface area contributed by atoms with Gasteiger partial charge in [-0.3, -0.25) is 4.79 Å². The van der Waals surface area contributed by atoms with Crippen molar-refractivity contribution < 1.29 is 19.1 Å². The number of hydrogen-bond donors (Lipinski definition) is 1. The SMILES string of the molecule is C=CC(=O)NCCCCC=O.COC(C)OC. The Morgan fingerprint density at radius 1 is 1.35 bits per heavy atom. The van der Waals surface area contributed by atoms with Gasteiger partial charge in [0.1, 0.15) is 6.29 Å². The summed E-state index contributed by atoms with van der Waals surface area (Å²) in [6, 6.07) is 0. The average molecular weight is 245 g/mol. The average Bonchev–Trinajstić information content (AvgIpc) is 2.37. The molecule has 100 valence electrons. The van der Waals surface area contributed by atoms with Crippen LogP contribution >= 0.6 is 0 Å². The van der Waals surface area contributed by atoms with Crippen LogP contribution in [0.2, 0.25) is 0 Å². The summed E-state index contributed by atoms with van der Waals surface area (Å²) in [7, 11) is 3.21. The summed E-state index contributed by atoms with van der Waals surface area (Å²) in [5.74, 6) is -0.156. The van der Waals surface area contributed by atoms with E-state index >= 15 is 0 Å². The molecule has 0 aliphatic rings. The van der Waals surface area contributed by atoms with Crippen molar-refractivity contribution in [3.05, 3.63) is 12.7 Å². The van der Waals surface area contributed by atoms with Crippen molar-refractivity contribution in [2.45, 2.75) is 32.5 Å². The van der Waals surface area contributed by atoms with Gasteiger partial charge in [-0.2, -0.15) is 0 Å². The first-order valence-corrected chi connectivity index (χ1v) is 5.51. The van der Waals surface area contributed by atoms with E-state index in [-0.39, 0.29) is 12.2 Å². The van der Waals surface area contributed by atoms with Gasteiger partial charge in [-0.25, -0.2) is 0 Å². The molecule has 5 nitrogen and oxygen atoms in total. The molecule has 0 radical (unpaired) electrons. The first-order valence-electron chi connectivity index (χ1n) is 5.51. The molecule has 5 heteroatoms. The molecule has 0 bridgehead atoms. The minimum Gasteiger partial charge on any atom is -0.356 e. The highest BCUT2D eigenvalue weighted by atomic mass is 16.7. The van der Waals surface area contributed by atoms with Crippen molar-refractivity contribution in [1.82, 2.24) is 5.32 Å². The molecule has 0 spiro atoms.